The van der Waals surface area contributed by atoms with E-state index >= 15 is 0 Å². The van der Waals surface area contributed by atoms with Crippen LogP contribution < -0.4 is 10.1 Å². The summed E-state index contributed by atoms with van der Waals surface area (Å²) >= 11 is 7.55. The Labute approximate surface area is 186 Å². The summed E-state index contributed by atoms with van der Waals surface area (Å²) in [6.07, 6.45) is 0. The van der Waals surface area contributed by atoms with Gasteiger partial charge in [-0.25, -0.2) is 0 Å². The van der Waals surface area contributed by atoms with Crippen molar-refractivity contribution in [3.63, 3.8) is 0 Å². The number of benzene rings is 2. The molecule has 8 heteroatoms. The Kier molecular flexibility index (Phi) is 7.39. The summed E-state index contributed by atoms with van der Waals surface area (Å²) in [6, 6.07) is 11.6. The van der Waals surface area contributed by atoms with Crippen molar-refractivity contribution in [2.24, 2.45) is 0 Å². The Bertz CT molecular complexity index is 1030. The van der Waals surface area contributed by atoms with E-state index in [0.29, 0.717) is 28.3 Å². The van der Waals surface area contributed by atoms with E-state index in [4.69, 9.17) is 16.3 Å². The molecular formula is C22H25ClN4O2S. The minimum Gasteiger partial charge on any atom is -0.484 e. The molecule has 0 unspecified atom stereocenters. The third kappa shape index (κ3) is 5.77. The third-order valence-corrected chi connectivity index (χ3v) is 5.67. The molecule has 1 N–H and O–H groups in total. The van der Waals surface area contributed by atoms with Gasteiger partial charge in [0.15, 0.2) is 11.0 Å². The summed E-state index contributed by atoms with van der Waals surface area (Å²) in [5.74, 6) is 1.46. The number of ether oxygens (including phenoxy) is 1. The van der Waals surface area contributed by atoms with E-state index in [1.54, 1.807) is 0 Å². The van der Waals surface area contributed by atoms with Gasteiger partial charge in [0, 0.05) is 12.2 Å². The maximum absolute atomic E-state index is 12.4. The lowest BCUT2D eigenvalue weighted by Gasteiger charge is -2.10. The molecule has 1 amide bonds. The number of aromatic nitrogens is 3. The number of carbonyl (C=O) groups is 1. The van der Waals surface area contributed by atoms with Crippen LogP contribution in [-0.4, -0.2) is 26.4 Å². The van der Waals surface area contributed by atoms with E-state index in [1.807, 2.05) is 62.6 Å². The molecule has 0 fully saturated rings. The first-order valence-electron chi connectivity index (χ1n) is 9.67. The van der Waals surface area contributed by atoms with Gasteiger partial charge < -0.3 is 14.6 Å². The Morgan fingerprint density at radius 1 is 1.10 bits per heavy atom. The number of carbonyl (C=O) groups excluding carboxylic acids is 1. The van der Waals surface area contributed by atoms with E-state index in [0.717, 1.165) is 22.4 Å². The topological polar surface area (TPSA) is 69.0 Å². The molecule has 3 rings (SSSR count). The van der Waals surface area contributed by atoms with E-state index < -0.39 is 0 Å². The summed E-state index contributed by atoms with van der Waals surface area (Å²) in [4.78, 5) is 12.4. The number of halogens is 1. The van der Waals surface area contributed by atoms with Crippen LogP contribution in [0, 0.1) is 20.8 Å². The number of amides is 1. The molecule has 0 bridgehead atoms. The van der Waals surface area contributed by atoms with Gasteiger partial charge in [-0.1, -0.05) is 35.5 Å². The molecule has 30 heavy (non-hydrogen) atoms. The second kappa shape index (κ2) is 10.00. The maximum Gasteiger partial charge on any atom is 0.234 e. The van der Waals surface area contributed by atoms with Crippen molar-refractivity contribution in [3.05, 3.63) is 63.9 Å². The average Bonchev–Trinajstić information content (AvgIpc) is 3.08. The number of hydrogen-bond donors (Lipinski definition) is 1. The number of nitrogens with zero attached hydrogens (tertiary/aromatic N) is 3. The van der Waals surface area contributed by atoms with E-state index in [-0.39, 0.29) is 18.3 Å². The smallest absolute Gasteiger partial charge is 0.234 e. The Morgan fingerprint density at radius 3 is 2.53 bits per heavy atom. The van der Waals surface area contributed by atoms with Crippen LogP contribution in [0.15, 0.2) is 41.6 Å². The van der Waals surface area contributed by atoms with Crippen LogP contribution in [0.4, 0.5) is 5.69 Å². The summed E-state index contributed by atoms with van der Waals surface area (Å²) in [6.45, 7) is 8.93. The van der Waals surface area contributed by atoms with Crippen LogP contribution in [0.3, 0.4) is 0 Å². The molecule has 158 valence electrons. The highest BCUT2D eigenvalue weighted by Gasteiger charge is 2.14. The van der Waals surface area contributed by atoms with Crippen molar-refractivity contribution in [3.8, 4) is 5.75 Å². The first-order chi connectivity index (χ1) is 14.4. The zero-order chi connectivity index (χ0) is 21.7. The Morgan fingerprint density at radius 2 is 1.83 bits per heavy atom. The molecule has 0 aliphatic heterocycles. The van der Waals surface area contributed by atoms with Crippen LogP contribution >= 0.6 is 23.4 Å². The molecule has 0 aliphatic rings. The molecule has 1 heterocycles. The second-order valence-corrected chi connectivity index (χ2v) is 8.43. The highest BCUT2D eigenvalue weighted by molar-refractivity contribution is 7.99. The quantitative estimate of drug-likeness (QED) is 0.484. The number of rotatable bonds is 8. The van der Waals surface area contributed by atoms with Crippen molar-refractivity contribution < 1.29 is 9.53 Å². The molecule has 2 aromatic carbocycles. The number of hydrogen-bond acceptors (Lipinski definition) is 5. The van der Waals surface area contributed by atoms with E-state index in [2.05, 4.69) is 21.6 Å². The molecule has 1 aromatic heterocycles. The molecule has 3 aromatic rings. The van der Waals surface area contributed by atoms with E-state index in [1.165, 1.54) is 11.8 Å². The van der Waals surface area contributed by atoms with Gasteiger partial charge in [-0.15, -0.1) is 10.2 Å². The maximum atomic E-state index is 12.4. The van der Waals surface area contributed by atoms with Gasteiger partial charge >= 0.3 is 0 Å². The fourth-order valence-corrected chi connectivity index (χ4v) is 4.08. The summed E-state index contributed by atoms with van der Waals surface area (Å²) < 4.78 is 7.79. The van der Waals surface area contributed by atoms with Crippen molar-refractivity contribution in [1.29, 1.82) is 0 Å². The zero-order valence-electron chi connectivity index (χ0n) is 17.5. The molecule has 0 aliphatic carbocycles. The van der Waals surface area contributed by atoms with Gasteiger partial charge in [0.2, 0.25) is 5.91 Å². The third-order valence-electron chi connectivity index (χ3n) is 4.39. The SMILES string of the molecule is CCn1c(COc2cc(C)ccc2Cl)nnc1SCC(=O)Nc1cc(C)cc(C)c1. The predicted molar refractivity (Wildman–Crippen MR) is 121 cm³/mol. The monoisotopic (exact) mass is 444 g/mol. The minimum atomic E-state index is -0.0833. The van der Waals surface area contributed by atoms with Crippen molar-refractivity contribution in [2.45, 2.75) is 46.0 Å². The zero-order valence-corrected chi connectivity index (χ0v) is 19.1. The largest absolute Gasteiger partial charge is 0.484 e. The number of nitrogens with one attached hydrogen (secondary N) is 1. The number of thioether (sulfide) groups is 1. The lowest BCUT2D eigenvalue weighted by molar-refractivity contribution is -0.113. The fourth-order valence-electron chi connectivity index (χ4n) is 3.09. The van der Waals surface area contributed by atoms with Crippen molar-refractivity contribution >= 4 is 35.0 Å². The minimum absolute atomic E-state index is 0.0833. The first-order valence-corrected chi connectivity index (χ1v) is 11.0. The van der Waals surface area contributed by atoms with Gasteiger partial charge in [-0.3, -0.25) is 4.79 Å². The van der Waals surface area contributed by atoms with Crippen LogP contribution in [0.5, 0.6) is 5.75 Å². The second-order valence-electron chi connectivity index (χ2n) is 7.08. The first kappa shape index (κ1) is 22.2. The van der Waals surface area contributed by atoms with Gasteiger partial charge in [0.1, 0.15) is 12.4 Å². The fraction of sp³-hybridized carbons (Fsp3) is 0.318. The molecule has 0 spiro atoms. The predicted octanol–water partition coefficient (Wildman–Crippen LogP) is 5.19. The van der Waals surface area contributed by atoms with E-state index in [9.17, 15) is 4.79 Å². The van der Waals surface area contributed by atoms with Gasteiger partial charge in [-0.05, 0) is 68.7 Å². The van der Waals surface area contributed by atoms with Crippen molar-refractivity contribution in [2.75, 3.05) is 11.1 Å². The summed E-state index contributed by atoms with van der Waals surface area (Å²) in [5.41, 5.74) is 4.10. The average molecular weight is 445 g/mol. The lowest BCUT2D eigenvalue weighted by Crippen LogP contribution is -2.15. The molecular weight excluding hydrogens is 420 g/mol. The molecule has 6 nitrogen and oxygen atoms in total. The standard InChI is InChI=1S/C22H25ClN4O2S/c1-5-27-20(12-29-19-11-14(2)6-7-18(19)23)25-26-22(27)30-13-21(28)24-17-9-15(3)8-16(4)10-17/h6-11H,5,12-13H2,1-4H3,(H,24,28). The molecule has 0 atom stereocenters. The van der Waals surface area contributed by atoms with Crippen LogP contribution in [0.25, 0.3) is 0 Å². The normalized spacial score (nSPS) is 10.8. The Hall–Kier alpha value is -2.51. The molecule has 0 saturated carbocycles. The number of anilines is 1. The van der Waals surface area contributed by atoms with Gasteiger partial charge in [0.25, 0.3) is 0 Å². The summed E-state index contributed by atoms with van der Waals surface area (Å²) in [7, 11) is 0. The Balaban J connectivity index is 1.61. The summed E-state index contributed by atoms with van der Waals surface area (Å²) in [5, 5.41) is 12.6. The number of aryl methyl sites for hydroxylation is 3. The molecule has 0 saturated heterocycles. The van der Waals surface area contributed by atoms with Gasteiger partial charge in [0.05, 0.1) is 10.8 Å². The van der Waals surface area contributed by atoms with Gasteiger partial charge in [-0.2, -0.15) is 0 Å². The highest BCUT2D eigenvalue weighted by atomic mass is 35.5. The van der Waals surface area contributed by atoms with Crippen LogP contribution in [0.2, 0.25) is 5.02 Å². The highest BCUT2D eigenvalue weighted by Crippen LogP contribution is 2.26. The van der Waals surface area contributed by atoms with Crippen LogP contribution in [-0.2, 0) is 17.9 Å². The lowest BCUT2D eigenvalue weighted by atomic mass is 10.1. The van der Waals surface area contributed by atoms with Crippen LogP contribution in [0.1, 0.15) is 29.4 Å². The molecule has 0 radical (unpaired) electrons. The van der Waals surface area contributed by atoms with Crippen molar-refractivity contribution in [1.82, 2.24) is 14.8 Å².